The number of aryl methyl sites for hydroxylation is 1. The van der Waals surface area contributed by atoms with Gasteiger partial charge in [-0.2, -0.15) is 0 Å². The van der Waals surface area contributed by atoms with Crippen LogP contribution >= 0.6 is 0 Å². The summed E-state index contributed by atoms with van der Waals surface area (Å²) in [5.74, 6) is 0.540. The van der Waals surface area contributed by atoms with Crippen molar-refractivity contribution in [2.75, 3.05) is 25.5 Å². The minimum absolute atomic E-state index is 0.00587. The molecule has 0 spiro atoms. The van der Waals surface area contributed by atoms with Crippen LogP contribution in [0, 0.1) is 6.92 Å². The van der Waals surface area contributed by atoms with Gasteiger partial charge >= 0.3 is 0 Å². The Morgan fingerprint density at radius 1 is 1.00 bits per heavy atom. The van der Waals surface area contributed by atoms with E-state index in [1.165, 1.54) is 0 Å². The summed E-state index contributed by atoms with van der Waals surface area (Å²) in [5, 5.41) is 2.84. The first-order valence-electron chi connectivity index (χ1n) is 8.35. The van der Waals surface area contributed by atoms with Crippen LogP contribution in [0.15, 0.2) is 42.5 Å². The molecule has 0 aliphatic carbocycles. The van der Waals surface area contributed by atoms with Crippen LogP contribution in [0.5, 0.6) is 5.75 Å². The Hall–Kier alpha value is -2.82. The lowest BCUT2D eigenvalue weighted by Crippen LogP contribution is -2.30. The Morgan fingerprint density at radius 2 is 1.60 bits per heavy atom. The highest BCUT2D eigenvalue weighted by atomic mass is 16.5. The van der Waals surface area contributed by atoms with E-state index < -0.39 is 0 Å². The third-order valence-corrected chi connectivity index (χ3v) is 4.10. The molecule has 2 rings (SSSR count). The summed E-state index contributed by atoms with van der Waals surface area (Å²) in [6, 6.07) is 12.2. The fraction of sp³-hybridized carbons (Fsp3) is 0.300. The average molecular weight is 340 g/mol. The summed E-state index contributed by atoms with van der Waals surface area (Å²) in [4.78, 5) is 26.4. The third kappa shape index (κ3) is 4.38. The van der Waals surface area contributed by atoms with Crippen LogP contribution in [0.25, 0.3) is 0 Å². The molecule has 2 amide bonds. The molecule has 0 unspecified atom stereocenters. The van der Waals surface area contributed by atoms with Gasteiger partial charge in [-0.25, -0.2) is 0 Å². The topological polar surface area (TPSA) is 58.6 Å². The molecule has 0 atom stereocenters. The Bertz CT molecular complexity index is 750. The lowest BCUT2D eigenvalue weighted by atomic mass is 10.1. The van der Waals surface area contributed by atoms with Gasteiger partial charge in [-0.1, -0.05) is 0 Å². The fourth-order valence-corrected chi connectivity index (χ4v) is 2.61. The molecular formula is C20H24N2O3. The number of amides is 2. The zero-order valence-corrected chi connectivity index (χ0v) is 15.1. The predicted molar refractivity (Wildman–Crippen MR) is 99.4 cm³/mol. The van der Waals surface area contributed by atoms with Gasteiger partial charge in [-0.15, -0.1) is 0 Å². The van der Waals surface area contributed by atoms with E-state index >= 15 is 0 Å². The number of carbonyl (C=O) groups is 2. The van der Waals surface area contributed by atoms with Crippen molar-refractivity contribution in [3.63, 3.8) is 0 Å². The van der Waals surface area contributed by atoms with Gasteiger partial charge in [0.2, 0.25) is 0 Å². The number of ether oxygens (including phenoxy) is 1. The molecule has 0 heterocycles. The number of anilines is 1. The second-order valence-electron chi connectivity index (χ2n) is 5.69. The molecule has 1 N–H and O–H groups in total. The summed E-state index contributed by atoms with van der Waals surface area (Å²) < 4.78 is 5.20. The monoisotopic (exact) mass is 340 g/mol. The van der Waals surface area contributed by atoms with E-state index in [0.29, 0.717) is 29.9 Å². The van der Waals surface area contributed by atoms with Gasteiger partial charge in [-0.3, -0.25) is 9.59 Å². The molecule has 5 nitrogen and oxygen atoms in total. The van der Waals surface area contributed by atoms with Crippen LogP contribution in [-0.4, -0.2) is 36.9 Å². The van der Waals surface area contributed by atoms with Crippen molar-refractivity contribution < 1.29 is 14.3 Å². The van der Waals surface area contributed by atoms with Crippen molar-refractivity contribution in [2.45, 2.75) is 20.8 Å². The Labute approximate surface area is 148 Å². The molecule has 2 aromatic carbocycles. The van der Waals surface area contributed by atoms with Crippen molar-refractivity contribution in [3.8, 4) is 5.75 Å². The number of hydrogen-bond donors (Lipinski definition) is 1. The zero-order valence-electron chi connectivity index (χ0n) is 15.1. The van der Waals surface area contributed by atoms with Crippen LogP contribution in [0.2, 0.25) is 0 Å². The number of nitrogens with one attached hydrogen (secondary N) is 1. The van der Waals surface area contributed by atoms with E-state index in [1.807, 2.05) is 20.8 Å². The second kappa shape index (κ2) is 8.33. The number of nitrogens with zero attached hydrogens (tertiary/aromatic N) is 1. The smallest absolute Gasteiger partial charge is 0.255 e. The minimum atomic E-state index is -0.200. The summed E-state index contributed by atoms with van der Waals surface area (Å²) in [5.41, 5.74) is 2.72. The Kier molecular flexibility index (Phi) is 6.17. The number of hydrogen-bond acceptors (Lipinski definition) is 3. The van der Waals surface area contributed by atoms with E-state index in [4.69, 9.17) is 4.74 Å². The molecule has 25 heavy (non-hydrogen) atoms. The van der Waals surface area contributed by atoms with Gasteiger partial charge in [0, 0.05) is 29.9 Å². The summed E-state index contributed by atoms with van der Waals surface area (Å²) in [6.07, 6.45) is 0. The molecule has 2 aromatic rings. The number of methoxy groups -OCH3 is 1. The molecule has 0 radical (unpaired) electrons. The van der Waals surface area contributed by atoms with Crippen LogP contribution in [0.3, 0.4) is 0 Å². The van der Waals surface area contributed by atoms with Crippen LogP contribution in [0.1, 0.15) is 40.1 Å². The number of rotatable bonds is 6. The first kappa shape index (κ1) is 18.5. The summed E-state index contributed by atoms with van der Waals surface area (Å²) in [6.45, 7) is 7.14. The highest BCUT2D eigenvalue weighted by Gasteiger charge is 2.13. The predicted octanol–water partition coefficient (Wildman–Crippen LogP) is 3.74. The molecule has 0 aliphatic heterocycles. The molecule has 0 fully saturated rings. The van der Waals surface area contributed by atoms with Crippen molar-refractivity contribution in [1.29, 1.82) is 0 Å². The SMILES string of the molecule is CCN(CC)C(=O)c1ccc(NC(=O)c2ccc(OC)c(C)c2)cc1. The first-order chi connectivity index (χ1) is 12.0. The largest absolute Gasteiger partial charge is 0.496 e. The van der Waals surface area contributed by atoms with Crippen molar-refractivity contribution >= 4 is 17.5 Å². The van der Waals surface area contributed by atoms with E-state index in [0.717, 1.165) is 11.3 Å². The van der Waals surface area contributed by atoms with Crippen molar-refractivity contribution in [3.05, 3.63) is 59.2 Å². The maximum Gasteiger partial charge on any atom is 0.255 e. The van der Waals surface area contributed by atoms with E-state index in [2.05, 4.69) is 5.32 Å². The van der Waals surface area contributed by atoms with Crippen molar-refractivity contribution in [1.82, 2.24) is 4.90 Å². The Morgan fingerprint density at radius 3 is 2.12 bits per heavy atom. The summed E-state index contributed by atoms with van der Waals surface area (Å²) in [7, 11) is 1.60. The van der Waals surface area contributed by atoms with Gasteiger partial charge in [0.05, 0.1) is 7.11 Å². The molecule has 132 valence electrons. The van der Waals surface area contributed by atoms with Gasteiger partial charge in [0.25, 0.3) is 11.8 Å². The molecule has 0 bridgehead atoms. The molecule has 0 saturated heterocycles. The molecule has 0 aromatic heterocycles. The Balaban J connectivity index is 2.09. The average Bonchev–Trinajstić information content (AvgIpc) is 2.63. The third-order valence-electron chi connectivity index (χ3n) is 4.10. The normalized spacial score (nSPS) is 10.2. The molecule has 0 aliphatic rings. The number of benzene rings is 2. The van der Waals surface area contributed by atoms with Crippen LogP contribution < -0.4 is 10.1 Å². The van der Waals surface area contributed by atoms with Gasteiger partial charge < -0.3 is 15.0 Å². The highest BCUT2D eigenvalue weighted by Crippen LogP contribution is 2.19. The maximum absolute atomic E-state index is 12.4. The maximum atomic E-state index is 12.4. The molecular weight excluding hydrogens is 316 g/mol. The lowest BCUT2D eigenvalue weighted by Gasteiger charge is -2.18. The van der Waals surface area contributed by atoms with E-state index in [-0.39, 0.29) is 11.8 Å². The van der Waals surface area contributed by atoms with Gasteiger partial charge in [0.1, 0.15) is 5.75 Å². The quantitative estimate of drug-likeness (QED) is 0.871. The van der Waals surface area contributed by atoms with Crippen molar-refractivity contribution in [2.24, 2.45) is 0 Å². The van der Waals surface area contributed by atoms with E-state index in [1.54, 1.807) is 54.5 Å². The minimum Gasteiger partial charge on any atom is -0.496 e. The van der Waals surface area contributed by atoms with Gasteiger partial charge in [-0.05, 0) is 68.8 Å². The molecule has 0 saturated carbocycles. The summed E-state index contributed by atoms with van der Waals surface area (Å²) >= 11 is 0. The number of carbonyl (C=O) groups excluding carboxylic acids is 2. The van der Waals surface area contributed by atoms with Crippen LogP contribution in [-0.2, 0) is 0 Å². The van der Waals surface area contributed by atoms with E-state index in [9.17, 15) is 9.59 Å². The van der Waals surface area contributed by atoms with Gasteiger partial charge in [0.15, 0.2) is 0 Å². The first-order valence-corrected chi connectivity index (χ1v) is 8.35. The standard InChI is InChI=1S/C20H24N2O3/c1-5-22(6-2)20(24)15-7-10-17(11-8-15)21-19(23)16-9-12-18(25-4)14(3)13-16/h7-13H,5-6H2,1-4H3,(H,21,23). The zero-order chi connectivity index (χ0) is 18.4. The molecule has 5 heteroatoms. The fourth-order valence-electron chi connectivity index (χ4n) is 2.61. The second-order valence-corrected chi connectivity index (χ2v) is 5.69. The highest BCUT2D eigenvalue weighted by molar-refractivity contribution is 6.04. The lowest BCUT2D eigenvalue weighted by molar-refractivity contribution is 0.0773. The van der Waals surface area contributed by atoms with Crippen LogP contribution in [0.4, 0.5) is 5.69 Å².